The van der Waals surface area contributed by atoms with Gasteiger partial charge >= 0.3 is 12.1 Å². The van der Waals surface area contributed by atoms with Crippen LogP contribution in [0.4, 0.5) is 4.79 Å². The van der Waals surface area contributed by atoms with Gasteiger partial charge in [0, 0.05) is 13.7 Å². The molecule has 1 rings (SSSR count). The van der Waals surface area contributed by atoms with Crippen LogP contribution in [0.1, 0.15) is 6.42 Å². The molecule has 1 aliphatic heterocycles. The van der Waals surface area contributed by atoms with Crippen LogP contribution >= 0.6 is 0 Å². The molecule has 2 N–H and O–H groups in total. The van der Waals surface area contributed by atoms with E-state index in [9.17, 15) is 9.59 Å². The van der Waals surface area contributed by atoms with E-state index in [0.29, 0.717) is 6.42 Å². The number of likely N-dealkylation sites (tertiary alicyclic amines) is 1. The van der Waals surface area contributed by atoms with Crippen molar-refractivity contribution in [2.24, 2.45) is 5.92 Å². The number of hydrogen-bond acceptors (Lipinski definition) is 3. The number of rotatable bonds is 2. The highest BCUT2D eigenvalue weighted by molar-refractivity contribution is 5.72. The van der Waals surface area contributed by atoms with Crippen LogP contribution in [-0.2, 0) is 9.53 Å². The van der Waals surface area contributed by atoms with E-state index in [1.54, 1.807) is 0 Å². The van der Waals surface area contributed by atoms with Gasteiger partial charge in [-0.3, -0.25) is 4.79 Å². The summed E-state index contributed by atoms with van der Waals surface area (Å²) in [6, 6.07) is 0. The lowest BCUT2D eigenvalue weighted by atomic mass is 9.96. The number of carboxylic acid groups (broad SMARTS) is 2. The summed E-state index contributed by atoms with van der Waals surface area (Å²) in [5, 5.41) is 17.5. The van der Waals surface area contributed by atoms with E-state index in [-0.39, 0.29) is 19.2 Å². The van der Waals surface area contributed by atoms with Gasteiger partial charge in [-0.1, -0.05) is 0 Å². The number of hydrogen-bond donors (Lipinski definition) is 2. The molecular weight excluding hydrogens is 190 g/mol. The third kappa shape index (κ3) is 2.35. The van der Waals surface area contributed by atoms with Gasteiger partial charge in [-0.25, -0.2) is 4.79 Å². The smallest absolute Gasteiger partial charge is 0.407 e. The third-order valence-electron chi connectivity index (χ3n) is 2.37. The molecule has 0 aromatic heterocycles. The molecule has 80 valence electrons. The number of amides is 1. The van der Waals surface area contributed by atoms with Crippen molar-refractivity contribution in [3.63, 3.8) is 0 Å². The molecule has 0 saturated carbocycles. The van der Waals surface area contributed by atoms with E-state index in [2.05, 4.69) is 0 Å². The molecule has 2 atom stereocenters. The fourth-order valence-corrected chi connectivity index (χ4v) is 1.56. The number of carboxylic acids is 1. The first-order valence-electron chi connectivity index (χ1n) is 4.28. The second-order valence-corrected chi connectivity index (χ2v) is 3.32. The maximum atomic E-state index is 10.7. The summed E-state index contributed by atoms with van der Waals surface area (Å²) in [5.74, 6) is -1.64. The quantitative estimate of drug-likeness (QED) is 0.664. The van der Waals surface area contributed by atoms with Crippen molar-refractivity contribution in [1.29, 1.82) is 0 Å². The molecule has 0 spiro atoms. The first-order valence-corrected chi connectivity index (χ1v) is 4.28. The molecular formula is C8H13NO5. The Bertz CT molecular complexity index is 220. The molecule has 6 heteroatoms. The van der Waals surface area contributed by atoms with Crippen LogP contribution in [0.2, 0.25) is 0 Å². The van der Waals surface area contributed by atoms with Crippen LogP contribution in [0.5, 0.6) is 0 Å². The van der Waals surface area contributed by atoms with Crippen LogP contribution in [0.25, 0.3) is 0 Å². The van der Waals surface area contributed by atoms with Crippen molar-refractivity contribution in [1.82, 2.24) is 4.90 Å². The summed E-state index contributed by atoms with van der Waals surface area (Å²) in [6.45, 7) is 0.292. The Morgan fingerprint density at radius 2 is 2.00 bits per heavy atom. The Balaban J connectivity index is 2.66. The second kappa shape index (κ2) is 4.28. The van der Waals surface area contributed by atoms with Crippen LogP contribution in [0.15, 0.2) is 0 Å². The molecule has 1 aliphatic rings. The van der Waals surface area contributed by atoms with Crippen molar-refractivity contribution in [2.45, 2.75) is 12.5 Å². The Kier molecular flexibility index (Phi) is 3.29. The lowest BCUT2D eigenvalue weighted by Crippen LogP contribution is -2.48. The molecule has 1 amide bonds. The molecule has 6 nitrogen and oxygen atoms in total. The molecule has 0 aromatic rings. The minimum atomic E-state index is -1.10. The van der Waals surface area contributed by atoms with Crippen molar-refractivity contribution in [3.8, 4) is 0 Å². The summed E-state index contributed by atoms with van der Waals surface area (Å²) in [7, 11) is 1.45. The van der Waals surface area contributed by atoms with Gasteiger partial charge in [0.2, 0.25) is 0 Å². The summed E-state index contributed by atoms with van der Waals surface area (Å²) in [4.78, 5) is 22.5. The Labute approximate surface area is 81.1 Å². The van der Waals surface area contributed by atoms with E-state index >= 15 is 0 Å². The predicted octanol–water partition coefficient (Wildman–Crippen LogP) is 0.0859. The largest absolute Gasteiger partial charge is 0.481 e. The van der Waals surface area contributed by atoms with Gasteiger partial charge in [-0.15, -0.1) is 0 Å². The fraction of sp³-hybridized carbons (Fsp3) is 0.750. The summed E-state index contributed by atoms with van der Waals surface area (Å²) in [5.41, 5.74) is 0. The van der Waals surface area contributed by atoms with Crippen molar-refractivity contribution < 1.29 is 24.5 Å². The standard InChI is InChI=1S/C8H13NO5/c1-14-6-2-5(7(10)11)3-9(4-6)8(12)13/h5-6H,2-4H2,1H3,(H,10,11)(H,12,13)/t5-,6-/m1/s1. The first kappa shape index (κ1) is 10.8. The molecule has 1 heterocycles. The lowest BCUT2D eigenvalue weighted by Gasteiger charge is -2.33. The Morgan fingerprint density at radius 1 is 1.36 bits per heavy atom. The van der Waals surface area contributed by atoms with Crippen LogP contribution in [0, 0.1) is 5.92 Å². The number of carbonyl (C=O) groups is 2. The molecule has 0 radical (unpaired) electrons. The van der Waals surface area contributed by atoms with Gasteiger partial charge in [0.25, 0.3) is 0 Å². The van der Waals surface area contributed by atoms with Gasteiger partial charge in [-0.2, -0.15) is 0 Å². The minimum Gasteiger partial charge on any atom is -0.481 e. The highest BCUT2D eigenvalue weighted by atomic mass is 16.5. The van der Waals surface area contributed by atoms with E-state index in [4.69, 9.17) is 14.9 Å². The highest BCUT2D eigenvalue weighted by Crippen LogP contribution is 2.19. The number of ether oxygens (including phenoxy) is 1. The average molecular weight is 203 g/mol. The topological polar surface area (TPSA) is 87.1 Å². The van der Waals surface area contributed by atoms with Gasteiger partial charge in [0.15, 0.2) is 0 Å². The zero-order valence-electron chi connectivity index (χ0n) is 7.84. The molecule has 0 aromatic carbocycles. The zero-order chi connectivity index (χ0) is 10.7. The summed E-state index contributed by atoms with van der Waals surface area (Å²) >= 11 is 0. The Hall–Kier alpha value is -1.30. The predicted molar refractivity (Wildman–Crippen MR) is 46.1 cm³/mol. The molecule has 1 fully saturated rings. The van der Waals surface area contributed by atoms with Crippen molar-refractivity contribution in [2.75, 3.05) is 20.2 Å². The van der Waals surface area contributed by atoms with Crippen molar-refractivity contribution in [3.05, 3.63) is 0 Å². The molecule has 1 saturated heterocycles. The average Bonchev–Trinajstić information content (AvgIpc) is 2.16. The maximum Gasteiger partial charge on any atom is 0.407 e. The molecule has 0 aliphatic carbocycles. The fourth-order valence-electron chi connectivity index (χ4n) is 1.56. The van der Waals surface area contributed by atoms with E-state index in [0.717, 1.165) is 4.90 Å². The van der Waals surface area contributed by atoms with Crippen molar-refractivity contribution >= 4 is 12.1 Å². The normalized spacial score (nSPS) is 27.4. The number of nitrogens with zero attached hydrogens (tertiary/aromatic N) is 1. The van der Waals surface area contributed by atoms with Gasteiger partial charge in [-0.05, 0) is 6.42 Å². The highest BCUT2D eigenvalue weighted by Gasteiger charge is 2.33. The van der Waals surface area contributed by atoms with E-state index < -0.39 is 18.0 Å². The zero-order valence-corrected chi connectivity index (χ0v) is 7.84. The van der Waals surface area contributed by atoms with E-state index in [1.807, 2.05) is 0 Å². The number of piperidine rings is 1. The van der Waals surface area contributed by atoms with Crippen LogP contribution < -0.4 is 0 Å². The van der Waals surface area contributed by atoms with Gasteiger partial charge in [0.05, 0.1) is 18.6 Å². The number of methoxy groups -OCH3 is 1. The summed E-state index contributed by atoms with van der Waals surface area (Å²) in [6.07, 6.45) is -1.05. The monoisotopic (exact) mass is 203 g/mol. The second-order valence-electron chi connectivity index (χ2n) is 3.32. The first-order chi connectivity index (χ1) is 6.54. The molecule has 0 unspecified atom stereocenters. The number of aliphatic carboxylic acids is 1. The molecule has 14 heavy (non-hydrogen) atoms. The molecule has 0 bridgehead atoms. The van der Waals surface area contributed by atoms with Gasteiger partial charge in [0.1, 0.15) is 0 Å². The van der Waals surface area contributed by atoms with Crippen LogP contribution in [0.3, 0.4) is 0 Å². The minimum absolute atomic E-state index is 0.0462. The lowest BCUT2D eigenvalue weighted by molar-refractivity contribution is -0.145. The maximum absolute atomic E-state index is 10.7. The van der Waals surface area contributed by atoms with E-state index in [1.165, 1.54) is 7.11 Å². The third-order valence-corrected chi connectivity index (χ3v) is 2.37. The van der Waals surface area contributed by atoms with Crippen LogP contribution in [-0.4, -0.2) is 53.5 Å². The van der Waals surface area contributed by atoms with Gasteiger partial charge < -0.3 is 19.8 Å². The summed E-state index contributed by atoms with van der Waals surface area (Å²) < 4.78 is 4.98. The SMILES string of the molecule is CO[C@@H]1C[C@@H](C(=O)O)CN(C(=O)O)C1. The Morgan fingerprint density at radius 3 is 2.43 bits per heavy atom.